The number of hydrogen-bond acceptors (Lipinski definition) is 4. The van der Waals surface area contributed by atoms with Crippen LogP contribution in [0, 0.1) is 0 Å². The van der Waals surface area contributed by atoms with Gasteiger partial charge in [-0.05, 0) is 0 Å². The third kappa shape index (κ3) is 8.58. The Morgan fingerprint density at radius 2 is 2.18 bits per heavy atom. The van der Waals surface area contributed by atoms with Gasteiger partial charge in [0.25, 0.3) is 0 Å². The van der Waals surface area contributed by atoms with E-state index in [1.165, 1.54) is 0 Å². The second-order valence-corrected chi connectivity index (χ2v) is 4.32. The average molecular weight is 262 g/mol. The van der Waals surface area contributed by atoms with E-state index in [9.17, 15) is 9.59 Å². The molecule has 0 unspecified atom stereocenters. The zero-order chi connectivity index (χ0) is 13.1. The van der Waals surface area contributed by atoms with Crippen molar-refractivity contribution in [2.45, 2.75) is 12.5 Å². The standard InChI is InChI=1S/C10H18N2O4S/c1-2-6-17-7-4-11-10(16)12-8(3-5-13)9(14)15/h2,8,13H,1,3-7H2,(H,14,15)(H2,11,12,16)/t8-/m0/s1. The molecule has 0 aromatic heterocycles. The van der Waals surface area contributed by atoms with E-state index in [4.69, 9.17) is 10.2 Å². The number of thioether (sulfide) groups is 1. The molecule has 1 atom stereocenters. The van der Waals surface area contributed by atoms with Gasteiger partial charge in [-0.1, -0.05) is 6.08 Å². The normalized spacial score (nSPS) is 11.6. The van der Waals surface area contributed by atoms with Crippen LogP contribution >= 0.6 is 11.8 Å². The predicted molar refractivity (Wildman–Crippen MR) is 67.2 cm³/mol. The van der Waals surface area contributed by atoms with E-state index in [1.54, 1.807) is 17.8 Å². The van der Waals surface area contributed by atoms with Crippen molar-refractivity contribution >= 4 is 23.8 Å². The number of carboxylic acids is 1. The summed E-state index contributed by atoms with van der Waals surface area (Å²) in [4.78, 5) is 21.9. The monoisotopic (exact) mass is 262 g/mol. The molecular weight excluding hydrogens is 244 g/mol. The first-order chi connectivity index (χ1) is 8.11. The number of carboxylic acid groups (broad SMARTS) is 1. The van der Waals surface area contributed by atoms with Crippen molar-refractivity contribution in [1.82, 2.24) is 10.6 Å². The predicted octanol–water partition coefficient (Wildman–Crippen LogP) is 0.0404. The number of rotatable bonds is 9. The summed E-state index contributed by atoms with van der Waals surface area (Å²) >= 11 is 1.61. The highest BCUT2D eigenvalue weighted by atomic mass is 32.2. The summed E-state index contributed by atoms with van der Waals surface area (Å²) in [7, 11) is 0. The number of aliphatic hydroxyl groups is 1. The molecule has 6 nitrogen and oxygen atoms in total. The van der Waals surface area contributed by atoms with Gasteiger partial charge < -0.3 is 20.8 Å². The molecule has 98 valence electrons. The maximum atomic E-state index is 11.3. The summed E-state index contributed by atoms with van der Waals surface area (Å²) in [5, 5.41) is 22.2. The number of aliphatic hydroxyl groups excluding tert-OH is 1. The summed E-state index contributed by atoms with van der Waals surface area (Å²) in [6.07, 6.45) is 1.76. The van der Waals surface area contributed by atoms with Crippen LogP contribution in [-0.4, -0.2) is 52.9 Å². The van der Waals surface area contributed by atoms with Crippen molar-refractivity contribution in [3.05, 3.63) is 12.7 Å². The van der Waals surface area contributed by atoms with Gasteiger partial charge in [-0.25, -0.2) is 9.59 Å². The molecule has 0 aliphatic rings. The fraction of sp³-hybridized carbons (Fsp3) is 0.600. The number of aliphatic carboxylic acids is 1. The third-order valence-electron chi connectivity index (χ3n) is 1.79. The number of urea groups is 1. The molecule has 0 aromatic carbocycles. The number of nitrogens with one attached hydrogen (secondary N) is 2. The highest BCUT2D eigenvalue weighted by Crippen LogP contribution is 1.97. The Kier molecular flexibility index (Phi) is 9.27. The minimum atomic E-state index is -1.16. The highest BCUT2D eigenvalue weighted by Gasteiger charge is 2.18. The van der Waals surface area contributed by atoms with Gasteiger partial charge in [0.1, 0.15) is 6.04 Å². The lowest BCUT2D eigenvalue weighted by Crippen LogP contribution is -2.46. The van der Waals surface area contributed by atoms with E-state index in [1.807, 2.05) is 0 Å². The smallest absolute Gasteiger partial charge is 0.326 e. The molecule has 2 amide bonds. The van der Waals surface area contributed by atoms with E-state index in [0.717, 1.165) is 11.5 Å². The van der Waals surface area contributed by atoms with Crippen LogP contribution in [0.5, 0.6) is 0 Å². The van der Waals surface area contributed by atoms with Crippen LogP contribution in [0.15, 0.2) is 12.7 Å². The lowest BCUT2D eigenvalue weighted by atomic mass is 10.2. The van der Waals surface area contributed by atoms with E-state index < -0.39 is 18.0 Å². The fourth-order valence-corrected chi connectivity index (χ4v) is 1.58. The van der Waals surface area contributed by atoms with Crippen molar-refractivity contribution in [3.8, 4) is 0 Å². The summed E-state index contributed by atoms with van der Waals surface area (Å²) in [6, 6.07) is -1.59. The van der Waals surface area contributed by atoms with Crippen molar-refractivity contribution < 1.29 is 19.8 Å². The van der Waals surface area contributed by atoms with Crippen LogP contribution in [0.25, 0.3) is 0 Å². The van der Waals surface area contributed by atoms with Gasteiger partial charge in [0.05, 0.1) is 0 Å². The molecule has 0 bridgehead atoms. The summed E-state index contributed by atoms with van der Waals surface area (Å²) in [5.74, 6) is 0.387. The van der Waals surface area contributed by atoms with Gasteiger partial charge >= 0.3 is 12.0 Å². The van der Waals surface area contributed by atoms with Gasteiger partial charge in [0.2, 0.25) is 0 Å². The minimum absolute atomic E-state index is 0.00598. The molecule has 0 rings (SSSR count). The van der Waals surface area contributed by atoms with Gasteiger partial charge in [-0.15, -0.1) is 6.58 Å². The molecule has 17 heavy (non-hydrogen) atoms. The molecule has 0 radical (unpaired) electrons. The van der Waals surface area contributed by atoms with Gasteiger partial charge in [0.15, 0.2) is 0 Å². The molecule has 0 aliphatic heterocycles. The number of carbonyl (C=O) groups excluding carboxylic acids is 1. The fourth-order valence-electron chi connectivity index (χ4n) is 0.999. The molecule has 7 heteroatoms. The van der Waals surface area contributed by atoms with Crippen molar-refractivity contribution in [3.63, 3.8) is 0 Å². The first-order valence-corrected chi connectivity index (χ1v) is 6.34. The Morgan fingerprint density at radius 1 is 1.47 bits per heavy atom. The molecule has 0 spiro atoms. The number of hydrogen-bond donors (Lipinski definition) is 4. The molecule has 0 fully saturated rings. The summed E-state index contributed by atoms with van der Waals surface area (Å²) < 4.78 is 0. The second-order valence-electron chi connectivity index (χ2n) is 3.17. The average Bonchev–Trinajstić information content (AvgIpc) is 2.28. The van der Waals surface area contributed by atoms with Gasteiger partial charge in [-0.3, -0.25) is 0 Å². The van der Waals surface area contributed by atoms with Gasteiger partial charge in [0, 0.05) is 31.1 Å². The number of carbonyl (C=O) groups is 2. The SMILES string of the molecule is C=CCSCCNC(=O)N[C@@H](CCO)C(=O)O. The lowest BCUT2D eigenvalue weighted by Gasteiger charge is -2.13. The van der Waals surface area contributed by atoms with Crippen LogP contribution in [0.3, 0.4) is 0 Å². The van der Waals surface area contributed by atoms with E-state index in [-0.39, 0.29) is 13.0 Å². The first-order valence-electron chi connectivity index (χ1n) is 5.18. The van der Waals surface area contributed by atoms with Crippen LogP contribution in [0.2, 0.25) is 0 Å². The van der Waals surface area contributed by atoms with Crippen molar-refractivity contribution in [1.29, 1.82) is 0 Å². The third-order valence-corrected chi connectivity index (χ3v) is 2.75. The highest BCUT2D eigenvalue weighted by molar-refractivity contribution is 7.99. The van der Waals surface area contributed by atoms with E-state index >= 15 is 0 Å². The molecule has 0 heterocycles. The zero-order valence-electron chi connectivity index (χ0n) is 9.52. The van der Waals surface area contributed by atoms with Gasteiger partial charge in [-0.2, -0.15) is 11.8 Å². The summed E-state index contributed by atoms with van der Waals surface area (Å²) in [5.41, 5.74) is 0. The molecule has 0 aliphatic carbocycles. The molecular formula is C10H18N2O4S. The van der Waals surface area contributed by atoms with E-state index in [2.05, 4.69) is 17.2 Å². The first kappa shape index (κ1) is 15.8. The minimum Gasteiger partial charge on any atom is -0.480 e. The van der Waals surface area contributed by atoms with E-state index in [0.29, 0.717) is 6.54 Å². The summed E-state index contributed by atoms with van der Waals surface area (Å²) in [6.45, 7) is 3.73. The largest absolute Gasteiger partial charge is 0.480 e. The molecule has 0 aromatic rings. The Labute approximate surface area is 104 Å². The molecule has 4 N–H and O–H groups in total. The maximum absolute atomic E-state index is 11.3. The zero-order valence-corrected chi connectivity index (χ0v) is 10.3. The second kappa shape index (κ2) is 9.98. The van der Waals surface area contributed by atoms with Crippen LogP contribution < -0.4 is 10.6 Å². The van der Waals surface area contributed by atoms with Crippen LogP contribution in [0.4, 0.5) is 4.79 Å². The molecule has 0 saturated heterocycles. The Hall–Kier alpha value is -1.21. The quantitative estimate of drug-likeness (QED) is 0.347. The van der Waals surface area contributed by atoms with Crippen LogP contribution in [0.1, 0.15) is 6.42 Å². The maximum Gasteiger partial charge on any atom is 0.326 e. The van der Waals surface area contributed by atoms with Crippen molar-refractivity contribution in [2.75, 3.05) is 24.7 Å². The topological polar surface area (TPSA) is 98.7 Å². The Balaban J connectivity index is 3.74. The Morgan fingerprint density at radius 3 is 2.71 bits per heavy atom. The Bertz CT molecular complexity index is 261. The lowest BCUT2D eigenvalue weighted by molar-refractivity contribution is -0.139. The van der Waals surface area contributed by atoms with Crippen LogP contribution in [-0.2, 0) is 4.79 Å². The number of amides is 2. The van der Waals surface area contributed by atoms with Crippen molar-refractivity contribution in [2.24, 2.45) is 0 Å². The molecule has 0 saturated carbocycles.